The summed E-state index contributed by atoms with van der Waals surface area (Å²) in [7, 11) is 0. The van der Waals surface area contributed by atoms with Gasteiger partial charge in [-0.2, -0.15) is 0 Å². The Morgan fingerprint density at radius 3 is 2.17 bits per heavy atom. The second kappa shape index (κ2) is 14.3. The summed E-state index contributed by atoms with van der Waals surface area (Å²) < 4.78 is 0. The minimum atomic E-state index is -0.527. The van der Waals surface area contributed by atoms with E-state index < -0.39 is 17.1 Å². The number of nitrogens with one attached hydrogen (secondary N) is 3. The number of hydrogen-bond donors (Lipinski definition) is 3. The van der Waals surface area contributed by atoms with E-state index in [0.29, 0.717) is 33.1 Å². The van der Waals surface area contributed by atoms with E-state index in [0.717, 1.165) is 4.90 Å². The zero-order valence-corrected chi connectivity index (χ0v) is 24.5. The molecule has 0 radical (unpaired) electrons. The van der Waals surface area contributed by atoms with Gasteiger partial charge in [0.05, 0.1) is 5.25 Å². The van der Waals surface area contributed by atoms with E-state index in [9.17, 15) is 19.2 Å². The highest BCUT2D eigenvalue weighted by Gasteiger charge is 2.17. The maximum atomic E-state index is 13.4. The van der Waals surface area contributed by atoms with Crippen LogP contribution in [0.4, 0.5) is 11.4 Å². The number of anilines is 2. The van der Waals surface area contributed by atoms with Gasteiger partial charge in [0, 0.05) is 32.4 Å². The van der Waals surface area contributed by atoms with Crippen molar-refractivity contribution < 1.29 is 19.2 Å². The molecule has 1 atom stereocenters. The lowest BCUT2D eigenvalue weighted by Gasteiger charge is -2.14. The maximum absolute atomic E-state index is 13.4. The first-order chi connectivity index (χ1) is 20.2. The number of halogens is 1. The van der Waals surface area contributed by atoms with Crippen molar-refractivity contribution >= 4 is 64.3 Å². The molecular formula is C33H28ClN3O4S. The van der Waals surface area contributed by atoms with Gasteiger partial charge in [-0.3, -0.25) is 19.2 Å². The topological polar surface area (TPSA) is 104 Å². The summed E-state index contributed by atoms with van der Waals surface area (Å²) in [5.74, 6) is -1.21. The molecule has 0 saturated heterocycles. The number of benzene rings is 4. The van der Waals surface area contributed by atoms with Crippen molar-refractivity contribution in [2.75, 3.05) is 10.6 Å². The predicted molar refractivity (Wildman–Crippen MR) is 169 cm³/mol. The van der Waals surface area contributed by atoms with E-state index in [2.05, 4.69) is 16.0 Å². The Hall–Kier alpha value is -4.66. The first-order valence-corrected chi connectivity index (χ1v) is 14.3. The van der Waals surface area contributed by atoms with E-state index >= 15 is 0 Å². The molecule has 3 N–H and O–H groups in total. The van der Waals surface area contributed by atoms with Crippen molar-refractivity contribution in [2.24, 2.45) is 0 Å². The number of rotatable bonds is 10. The number of carbonyl (C=O) groups is 4. The molecule has 0 aliphatic heterocycles. The van der Waals surface area contributed by atoms with Crippen LogP contribution in [0.1, 0.15) is 40.1 Å². The van der Waals surface area contributed by atoms with Crippen LogP contribution >= 0.6 is 23.4 Å². The van der Waals surface area contributed by atoms with E-state index in [1.165, 1.54) is 18.7 Å². The average Bonchev–Trinajstić information content (AvgIpc) is 2.97. The number of carbonyl (C=O) groups excluding carboxylic acids is 4. The van der Waals surface area contributed by atoms with E-state index in [4.69, 9.17) is 11.6 Å². The molecule has 0 aliphatic rings. The number of hydrogen-bond acceptors (Lipinski definition) is 5. The summed E-state index contributed by atoms with van der Waals surface area (Å²) in [5, 5.41) is 8.43. The maximum Gasteiger partial charge on any atom is 0.272 e. The Morgan fingerprint density at radius 1 is 0.762 bits per heavy atom. The van der Waals surface area contributed by atoms with Crippen LogP contribution < -0.4 is 16.0 Å². The lowest BCUT2D eigenvalue weighted by Crippen LogP contribution is -2.30. The molecule has 0 aromatic heterocycles. The molecule has 4 aromatic rings. The van der Waals surface area contributed by atoms with Gasteiger partial charge in [0.15, 0.2) is 5.78 Å². The largest absolute Gasteiger partial charge is 0.325 e. The Morgan fingerprint density at radius 2 is 1.48 bits per heavy atom. The fraction of sp³-hybridized carbons (Fsp3) is 0.0909. The summed E-state index contributed by atoms with van der Waals surface area (Å²) in [5.41, 5.74) is 2.73. The van der Waals surface area contributed by atoms with Gasteiger partial charge in [0.1, 0.15) is 5.70 Å². The van der Waals surface area contributed by atoms with E-state index in [1.807, 2.05) is 6.07 Å². The zero-order valence-electron chi connectivity index (χ0n) is 22.9. The zero-order chi connectivity index (χ0) is 30.1. The molecule has 0 aliphatic carbocycles. The van der Waals surface area contributed by atoms with Crippen LogP contribution in [0.5, 0.6) is 0 Å². The van der Waals surface area contributed by atoms with Gasteiger partial charge in [-0.05, 0) is 92.2 Å². The molecule has 7 nitrogen and oxygen atoms in total. The van der Waals surface area contributed by atoms with Crippen LogP contribution in [0.2, 0.25) is 5.02 Å². The summed E-state index contributed by atoms with van der Waals surface area (Å²) in [6.45, 7) is 3.26. The van der Waals surface area contributed by atoms with Crippen molar-refractivity contribution in [1.29, 1.82) is 0 Å². The molecule has 0 heterocycles. The Bertz CT molecular complexity index is 1640. The Kier molecular flexibility index (Phi) is 10.3. The molecular weight excluding hydrogens is 570 g/mol. The molecule has 1 unspecified atom stereocenters. The third kappa shape index (κ3) is 8.67. The number of amides is 3. The summed E-state index contributed by atoms with van der Waals surface area (Å²) in [6.07, 6.45) is 1.55. The quantitative estimate of drug-likeness (QED) is 0.103. The SMILES string of the molecule is CC(=O)c1ccc(NC(=O)C(C)Sc2cccc(NC(=O)/C(=C/c3cccc(Cl)c3)NC(=O)c3ccccc3)c2)cc1. The Balaban J connectivity index is 1.46. The first-order valence-electron chi connectivity index (χ1n) is 13.0. The number of thioether (sulfide) groups is 1. The van der Waals surface area contributed by atoms with Crippen molar-refractivity contribution in [3.8, 4) is 0 Å². The lowest BCUT2D eigenvalue weighted by molar-refractivity contribution is -0.115. The normalized spacial score (nSPS) is 11.7. The van der Waals surface area contributed by atoms with Crippen molar-refractivity contribution in [2.45, 2.75) is 24.0 Å². The molecule has 0 bridgehead atoms. The highest BCUT2D eigenvalue weighted by molar-refractivity contribution is 8.00. The molecule has 0 fully saturated rings. The highest BCUT2D eigenvalue weighted by atomic mass is 35.5. The average molecular weight is 598 g/mol. The van der Waals surface area contributed by atoms with Crippen LogP contribution in [0.15, 0.2) is 114 Å². The summed E-state index contributed by atoms with van der Waals surface area (Å²) in [4.78, 5) is 51.3. The first kappa shape index (κ1) is 30.3. The summed E-state index contributed by atoms with van der Waals surface area (Å²) >= 11 is 7.45. The van der Waals surface area contributed by atoms with Gasteiger partial charge in [-0.15, -0.1) is 11.8 Å². The van der Waals surface area contributed by atoms with Crippen LogP contribution in [0.3, 0.4) is 0 Å². The van der Waals surface area contributed by atoms with Gasteiger partial charge < -0.3 is 16.0 Å². The molecule has 4 rings (SSSR count). The minimum absolute atomic E-state index is 0.0349. The second-order valence-electron chi connectivity index (χ2n) is 9.30. The van der Waals surface area contributed by atoms with Gasteiger partial charge in [0.25, 0.3) is 11.8 Å². The Labute approximate surface area is 253 Å². The van der Waals surface area contributed by atoms with Gasteiger partial charge in [-0.25, -0.2) is 0 Å². The van der Waals surface area contributed by atoms with Gasteiger partial charge in [0.2, 0.25) is 5.91 Å². The van der Waals surface area contributed by atoms with Crippen LogP contribution in [-0.4, -0.2) is 28.8 Å². The van der Waals surface area contributed by atoms with E-state index in [1.54, 1.807) is 110 Å². The standard InChI is InChI=1S/C33H28ClN3O4S/c1-21(38)24-14-16-27(17-15-24)35-31(39)22(2)42-29-13-7-12-28(20-29)36-33(41)30(19-23-8-6-11-26(34)18-23)37-32(40)25-9-4-3-5-10-25/h3-20,22H,1-2H3,(H,35,39)(H,36,41)(H,37,40)/b30-19-. The summed E-state index contributed by atoms with van der Waals surface area (Å²) in [6, 6.07) is 29.3. The van der Waals surface area contributed by atoms with Crippen LogP contribution in [-0.2, 0) is 9.59 Å². The van der Waals surface area contributed by atoms with Crippen molar-refractivity contribution in [1.82, 2.24) is 5.32 Å². The molecule has 0 spiro atoms. The molecule has 4 aromatic carbocycles. The lowest BCUT2D eigenvalue weighted by atomic mass is 10.1. The van der Waals surface area contributed by atoms with Crippen LogP contribution in [0, 0.1) is 0 Å². The molecule has 42 heavy (non-hydrogen) atoms. The predicted octanol–water partition coefficient (Wildman–Crippen LogP) is 7.07. The number of Topliss-reactive ketones (excluding diaryl/α,β-unsaturated/α-hetero) is 1. The van der Waals surface area contributed by atoms with Crippen molar-refractivity contribution in [3.63, 3.8) is 0 Å². The van der Waals surface area contributed by atoms with Crippen LogP contribution in [0.25, 0.3) is 6.08 Å². The minimum Gasteiger partial charge on any atom is -0.325 e. The third-order valence-electron chi connectivity index (χ3n) is 6.02. The van der Waals surface area contributed by atoms with E-state index in [-0.39, 0.29) is 17.4 Å². The molecule has 212 valence electrons. The highest BCUT2D eigenvalue weighted by Crippen LogP contribution is 2.27. The number of ketones is 1. The fourth-order valence-electron chi connectivity index (χ4n) is 3.84. The second-order valence-corrected chi connectivity index (χ2v) is 11.1. The fourth-order valence-corrected chi connectivity index (χ4v) is 4.97. The van der Waals surface area contributed by atoms with Gasteiger partial charge >= 0.3 is 0 Å². The smallest absolute Gasteiger partial charge is 0.272 e. The molecule has 3 amide bonds. The molecule has 9 heteroatoms. The van der Waals surface area contributed by atoms with Gasteiger partial charge in [-0.1, -0.05) is 48.0 Å². The van der Waals surface area contributed by atoms with Crippen molar-refractivity contribution in [3.05, 3.63) is 131 Å². The molecule has 0 saturated carbocycles. The monoisotopic (exact) mass is 597 g/mol. The third-order valence-corrected chi connectivity index (χ3v) is 7.35.